The molecule has 26 heavy (non-hydrogen) atoms. The van der Waals surface area contributed by atoms with Crippen LogP contribution in [0.4, 0.5) is 13.8 Å². The quantitative estimate of drug-likeness (QED) is 0.666. The van der Waals surface area contributed by atoms with E-state index in [9.17, 15) is 8.78 Å². The highest BCUT2D eigenvalue weighted by molar-refractivity contribution is 7.19. The predicted molar refractivity (Wildman–Crippen MR) is 98.4 cm³/mol. The van der Waals surface area contributed by atoms with Gasteiger partial charge in [-0.1, -0.05) is 11.6 Å². The van der Waals surface area contributed by atoms with Crippen molar-refractivity contribution < 1.29 is 13.5 Å². The fraction of sp³-hybridized carbons (Fsp3) is 0.294. The van der Waals surface area contributed by atoms with Crippen molar-refractivity contribution in [2.45, 2.75) is 32.9 Å². The molecular weight excluding hydrogens is 382 g/mol. The molecule has 3 aromatic rings. The monoisotopic (exact) mass is 398 g/mol. The zero-order valence-electron chi connectivity index (χ0n) is 14.4. The van der Waals surface area contributed by atoms with Gasteiger partial charge in [0, 0.05) is 11.6 Å². The minimum atomic E-state index is -1.14. The van der Waals surface area contributed by atoms with Crippen molar-refractivity contribution in [1.82, 2.24) is 14.8 Å². The van der Waals surface area contributed by atoms with E-state index in [2.05, 4.69) is 10.2 Å². The van der Waals surface area contributed by atoms with Gasteiger partial charge >= 0.3 is 0 Å². The number of hydrogen-bond acceptors (Lipinski definition) is 5. The van der Waals surface area contributed by atoms with Gasteiger partial charge in [0.1, 0.15) is 0 Å². The van der Waals surface area contributed by atoms with Gasteiger partial charge in [-0.25, -0.2) is 8.78 Å². The largest absolute Gasteiger partial charge is 0.474 e. The lowest BCUT2D eigenvalue weighted by Crippen LogP contribution is -2.30. The molecule has 1 aromatic carbocycles. The molecule has 0 unspecified atom stereocenters. The molecule has 0 aliphatic rings. The van der Waals surface area contributed by atoms with Crippen LogP contribution in [0.2, 0.25) is 5.02 Å². The minimum absolute atomic E-state index is 0.0422. The van der Waals surface area contributed by atoms with Gasteiger partial charge in [-0.3, -0.25) is 0 Å². The summed E-state index contributed by atoms with van der Waals surface area (Å²) in [5.41, 5.74) is 4.65. The van der Waals surface area contributed by atoms with E-state index < -0.39 is 23.0 Å². The molecule has 0 spiro atoms. The Morgan fingerprint density at radius 3 is 2.42 bits per heavy atom. The van der Waals surface area contributed by atoms with Crippen LogP contribution in [0.3, 0.4) is 0 Å². The van der Waals surface area contributed by atoms with Crippen LogP contribution in [0.1, 0.15) is 26.6 Å². The number of hydrogen-bond donors (Lipinski definition) is 1. The summed E-state index contributed by atoms with van der Waals surface area (Å²) in [6, 6.07) is 5.64. The third-order valence-corrected chi connectivity index (χ3v) is 4.90. The first-order chi connectivity index (χ1) is 12.2. The maximum atomic E-state index is 14.1. The van der Waals surface area contributed by atoms with E-state index in [0.29, 0.717) is 23.2 Å². The van der Waals surface area contributed by atoms with Crippen LogP contribution in [0.15, 0.2) is 24.3 Å². The van der Waals surface area contributed by atoms with Crippen molar-refractivity contribution in [2.24, 2.45) is 0 Å². The topological polar surface area (TPSA) is 66.0 Å². The summed E-state index contributed by atoms with van der Waals surface area (Å²) >= 11 is 7.04. The van der Waals surface area contributed by atoms with Crippen molar-refractivity contribution in [1.29, 1.82) is 0 Å². The summed E-state index contributed by atoms with van der Waals surface area (Å²) in [5, 5.41) is 9.03. The standard InChI is InChI=1S/C17H17ClF2N4OS/c1-4-24-15(12-5-6-13(21)26-12)22-23-16(24)17(2,3)25-14-10(19)7-9(18)8-11(14)20/h5-8H,4,21H2,1-3H3. The third-order valence-electron chi connectivity index (χ3n) is 3.77. The van der Waals surface area contributed by atoms with Gasteiger partial charge in [0.2, 0.25) is 0 Å². The van der Waals surface area contributed by atoms with Crippen LogP contribution in [0.25, 0.3) is 10.7 Å². The molecular formula is C17H17ClF2N4OS. The Kier molecular flexibility index (Phi) is 4.90. The Morgan fingerprint density at radius 1 is 1.23 bits per heavy atom. The average Bonchev–Trinajstić information content (AvgIpc) is 3.16. The highest BCUT2D eigenvalue weighted by atomic mass is 35.5. The zero-order valence-corrected chi connectivity index (χ0v) is 16.0. The second kappa shape index (κ2) is 6.85. The van der Waals surface area contributed by atoms with Crippen LogP contribution in [-0.4, -0.2) is 14.8 Å². The Labute approximate surface area is 158 Å². The van der Waals surface area contributed by atoms with Crippen molar-refractivity contribution >= 4 is 27.9 Å². The Morgan fingerprint density at radius 2 is 1.88 bits per heavy atom. The molecule has 0 fully saturated rings. The van der Waals surface area contributed by atoms with E-state index in [1.54, 1.807) is 19.9 Å². The van der Waals surface area contributed by atoms with Crippen LogP contribution in [0.5, 0.6) is 5.75 Å². The van der Waals surface area contributed by atoms with E-state index >= 15 is 0 Å². The van der Waals surface area contributed by atoms with Gasteiger partial charge in [-0.15, -0.1) is 21.5 Å². The number of benzene rings is 1. The SMILES string of the molecule is CCn1c(-c2ccc(N)s2)nnc1C(C)(C)Oc1c(F)cc(Cl)cc1F. The maximum Gasteiger partial charge on any atom is 0.192 e. The summed E-state index contributed by atoms with van der Waals surface area (Å²) in [5.74, 6) is -1.20. The zero-order chi connectivity index (χ0) is 19.1. The molecule has 0 atom stereocenters. The number of ether oxygens (including phenoxy) is 1. The van der Waals surface area contributed by atoms with E-state index in [4.69, 9.17) is 22.1 Å². The molecule has 0 saturated carbocycles. The van der Waals surface area contributed by atoms with Crippen LogP contribution in [-0.2, 0) is 12.1 Å². The number of halogens is 3. The Balaban J connectivity index is 2.01. The minimum Gasteiger partial charge on any atom is -0.474 e. The lowest BCUT2D eigenvalue weighted by molar-refractivity contribution is 0.0827. The molecule has 3 rings (SSSR count). The molecule has 9 heteroatoms. The summed E-state index contributed by atoms with van der Waals surface area (Å²) in [4.78, 5) is 0.850. The number of thiophene rings is 1. The molecule has 2 aromatic heterocycles. The first-order valence-electron chi connectivity index (χ1n) is 7.86. The Bertz CT molecular complexity index is 931. The average molecular weight is 399 g/mol. The smallest absolute Gasteiger partial charge is 0.192 e. The van der Waals surface area contributed by atoms with Crippen LogP contribution >= 0.6 is 22.9 Å². The lowest BCUT2D eigenvalue weighted by Gasteiger charge is -2.26. The molecule has 0 aliphatic carbocycles. The van der Waals surface area contributed by atoms with Gasteiger partial charge in [-0.05, 0) is 45.0 Å². The Hall–Kier alpha value is -2.19. The normalized spacial score (nSPS) is 11.8. The molecule has 0 amide bonds. The molecule has 2 N–H and O–H groups in total. The van der Waals surface area contributed by atoms with Crippen molar-refractivity contribution in [3.63, 3.8) is 0 Å². The third kappa shape index (κ3) is 3.39. The van der Waals surface area contributed by atoms with Gasteiger partial charge < -0.3 is 15.0 Å². The molecule has 0 bridgehead atoms. The summed E-state index contributed by atoms with van der Waals surface area (Å²) in [7, 11) is 0. The van der Waals surface area contributed by atoms with Crippen molar-refractivity contribution in [3.8, 4) is 16.5 Å². The number of anilines is 1. The van der Waals surface area contributed by atoms with Gasteiger partial charge in [-0.2, -0.15) is 0 Å². The predicted octanol–water partition coefficient (Wildman–Crippen LogP) is 4.85. The van der Waals surface area contributed by atoms with Crippen molar-refractivity contribution in [3.05, 3.63) is 46.7 Å². The first-order valence-corrected chi connectivity index (χ1v) is 9.05. The van der Waals surface area contributed by atoms with E-state index in [1.807, 2.05) is 17.6 Å². The molecule has 2 heterocycles. The van der Waals surface area contributed by atoms with Crippen LogP contribution in [0, 0.1) is 11.6 Å². The number of rotatable bonds is 5. The molecule has 138 valence electrons. The van der Waals surface area contributed by atoms with Crippen molar-refractivity contribution in [2.75, 3.05) is 5.73 Å². The summed E-state index contributed by atoms with van der Waals surface area (Å²) in [6.45, 7) is 5.81. The second-order valence-electron chi connectivity index (χ2n) is 6.10. The number of aromatic nitrogens is 3. The highest BCUT2D eigenvalue weighted by Gasteiger charge is 2.33. The number of nitrogens with two attached hydrogens (primary N) is 1. The number of nitrogens with zero attached hydrogens (tertiary/aromatic N) is 3. The van der Waals surface area contributed by atoms with Gasteiger partial charge in [0.15, 0.2) is 34.6 Å². The fourth-order valence-corrected chi connectivity index (χ4v) is 3.59. The van der Waals surface area contributed by atoms with E-state index in [0.717, 1.165) is 17.0 Å². The van der Waals surface area contributed by atoms with Gasteiger partial charge in [0.25, 0.3) is 0 Å². The van der Waals surface area contributed by atoms with E-state index in [1.165, 1.54) is 11.3 Å². The number of nitrogen functional groups attached to an aromatic ring is 1. The first kappa shape index (κ1) is 18.6. The maximum absolute atomic E-state index is 14.1. The molecule has 0 aliphatic heterocycles. The molecule has 5 nitrogen and oxygen atoms in total. The molecule has 0 saturated heterocycles. The van der Waals surface area contributed by atoms with E-state index in [-0.39, 0.29) is 5.02 Å². The summed E-state index contributed by atoms with van der Waals surface area (Å²) in [6.07, 6.45) is 0. The lowest BCUT2D eigenvalue weighted by atomic mass is 10.1. The van der Waals surface area contributed by atoms with Crippen LogP contribution < -0.4 is 10.5 Å². The fourth-order valence-electron chi connectivity index (χ4n) is 2.63. The van der Waals surface area contributed by atoms with Gasteiger partial charge in [0.05, 0.1) is 9.88 Å². The molecule has 0 radical (unpaired) electrons. The highest BCUT2D eigenvalue weighted by Crippen LogP contribution is 2.35. The summed E-state index contributed by atoms with van der Waals surface area (Å²) < 4.78 is 35.7. The second-order valence-corrected chi connectivity index (χ2v) is 7.66.